The molecule has 1 amide bonds. The summed E-state index contributed by atoms with van der Waals surface area (Å²) in [5.41, 5.74) is 7.24. The fourth-order valence-corrected chi connectivity index (χ4v) is 4.39. The smallest absolute Gasteiger partial charge is 0.0550 e. The van der Waals surface area contributed by atoms with Gasteiger partial charge >= 0.3 is 35.6 Å². The van der Waals surface area contributed by atoms with Crippen LogP contribution >= 0.6 is 18.6 Å². The number of rotatable bonds is 1. The molecule has 4 aliphatic rings. The van der Waals surface area contributed by atoms with Crippen LogP contribution < -0.4 is 0 Å². The van der Waals surface area contributed by atoms with Crippen LogP contribution in [0, 0.1) is 23.2 Å². The van der Waals surface area contributed by atoms with E-state index in [0.29, 0.717) is 0 Å². The number of hydrogen-bond acceptors (Lipinski definition) is 1. The minimum Gasteiger partial charge on any atom is -0.667 e. The van der Waals surface area contributed by atoms with E-state index in [1.807, 2.05) is 0 Å². The van der Waals surface area contributed by atoms with Crippen LogP contribution in [0.25, 0.3) is 5.73 Å². The van der Waals surface area contributed by atoms with Crippen molar-refractivity contribution >= 4 is 24.5 Å². The van der Waals surface area contributed by atoms with Crippen LogP contribution in [0.3, 0.4) is 0 Å². The maximum atomic E-state index is 11.4. The molecule has 0 aromatic rings. The second-order valence-corrected chi connectivity index (χ2v) is 8.18. The largest absolute Gasteiger partial charge is 0.667 e. The zero-order chi connectivity index (χ0) is 11.8. The van der Waals surface area contributed by atoms with E-state index in [0.717, 1.165) is 37.0 Å². The predicted octanol–water partition coefficient (Wildman–Crippen LogP) is 4.16. The molecule has 0 aromatic heterocycles. The van der Waals surface area contributed by atoms with Crippen LogP contribution in [0.2, 0.25) is 0 Å². The van der Waals surface area contributed by atoms with Crippen molar-refractivity contribution in [2.24, 2.45) is 23.2 Å². The first-order valence-corrected chi connectivity index (χ1v) is 10.1. The Balaban J connectivity index is 0.000000292. The van der Waals surface area contributed by atoms with Gasteiger partial charge in [0.05, 0.1) is 5.91 Å². The molecule has 0 spiro atoms. The molecule has 4 saturated carbocycles. The maximum absolute atomic E-state index is 11.4. The van der Waals surface area contributed by atoms with Crippen molar-refractivity contribution in [1.82, 2.24) is 0 Å². The van der Waals surface area contributed by atoms with Crippen molar-refractivity contribution in [3.8, 4) is 0 Å². The van der Waals surface area contributed by atoms with E-state index in [1.165, 1.54) is 19.3 Å². The van der Waals surface area contributed by atoms with Crippen molar-refractivity contribution in [1.29, 1.82) is 0 Å². The third-order valence-corrected chi connectivity index (χ3v) is 4.52. The number of carbonyl (C=O) groups excluding carboxylic acids is 1. The molecule has 0 saturated heterocycles. The van der Waals surface area contributed by atoms with Crippen LogP contribution in [0.4, 0.5) is 0 Å². The minimum absolute atomic E-state index is 0.172. The van der Waals surface area contributed by atoms with Gasteiger partial charge in [-0.25, -0.2) is 0 Å². The summed E-state index contributed by atoms with van der Waals surface area (Å²) >= 11 is -0.556. The fourth-order valence-electron chi connectivity index (χ4n) is 4.39. The Bertz CT molecular complexity index is 250. The van der Waals surface area contributed by atoms with Crippen molar-refractivity contribution in [2.45, 2.75) is 38.5 Å². The SMILES string of the molecule is [Cl][Ti][Cl].[NH-]C(=O)C12CC3CC(CC(C3)C1)C2. The van der Waals surface area contributed by atoms with Crippen LogP contribution in [-0.4, -0.2) is 5.91 Å². The molecular formula is C11H16Cl2NOTi-. The average Bonchev–Trinajstić information content (AvgIpc) is 2.16. The van der Waals surface area contributed by atoms with Gasteiger partial charge in [0.1, 0.15) is 0 Å². The number of halogens is 2. The first-order valence-electron chi connectivity index (χ1n) is 5.82. The Labute approximate surface area is 113 Å². The van der Waals surface area contributed by atoms with Crippen molar-refractivity contribution in [2.75, 3.05) is 0 Å². The first kappa shape index (κ1) is 13.2. The molecule has 0 unspecified atom stereocenters. The molecule has 0 aliphatic heterocycles. The molecule has 4 aliphatic carbocycles. The van der Waals surface area contributed by atoms with E-state index in [4.69, 9.17) is 24.3 Å². The van der Waals surface area contributed by atoms with E-state index < -0.39 is 17.0 Å². The fraction of sp³-hybridized carbons (Fsp3) is 0.909. The standard InChI is InChI=1S/C11H17NO.2ClH.Ti/c12-10(13)11-4-7-1-8(5-11)3-9(2-7)6-11;;;/h7-9H,1-6H2,(H2,12,13);2*1H;/q;;;+2/p-3. The molecular weight excluding hydrogens is 281 g/mol. The Morgan fingerprint density at radius 2 is 1.38 bits per heavy atom. The van der Waals surface area contributed by atoms with Gasteiger partial charge in [-0.2, -0.15) is 0 Å². The normalized spacial score (nSPS) is 43.5. The van der Waals surface area contributed by atoms with E-state index in [9.17, 15) is 4.79 Å². The van der Waals surface area contributed by atoms with Crippen LogP contribution in [-0.2, 0) is 21.8 Å². The topological polar surface area (TPSA) is 40.9 Å². The number of carbonyl (C=O) groups is 1. The summed E-state index contributed by atoms with van der Waals surface area (Å²) in [7, 11) is 9.78. The second kappa shape index (κ2) is 5.18. The van der Waals surface area contributed by atoms with E-state index in [2.05, 4.69) is 0 Å². The molecule has 1 N–H and O–H groups in total. The number of nitrogens with one attached hydrogen (secondary N) is 1. The van der Waals surface area contributed by atoms with Gasteiger partial charge in [-0.05, 0) is 56.3 Å². The minimum atomic E-state index is -0.556. The summed E-state index contributed by atoms with van der Waals surface area (Å²) in [5, 5.41) is 0. The molecule has 90 valence electrons. The van der Waals surface area contributed by atoms with Gasteiger partial charge in [0.15, 0.2) is 0 Å². The monoisotopic (exact) mass is 296 g/mol. The van der Waals surface area contributed by atoms with E-state index in [-0.39, 0.29) is 11.3 Å². The van der Waals surface area contributed by atoms with Crippen molar-refractivity contribution in [3.05, 3.63) is 5.73 Å². The van der Waals surface area contributed by atoms with Crippen LogP contribution in [0.5, 0.6) is 0 Å². The Kier molecular flexibility index (Phi) is 4.27. The third kappa shape index (κ3) is 2.45. The maximum Gasteiger partial charge on any atom is 0.0550 e. The molecule has 0 radical (unpaired) electrons. The van der Waals surface area contributed by atoms with Gasteiger partial charge in [0.25, 0.3) is 0 Å². The van der Waals surface area contributed by atoms with Crippen molar-refractivity contribution < 1.29 is 21.8 Å². The quantitative estimate of drug-likeness (QED) is 0.670. The zero-order valence-electron chi connectivity index (χ0n) is 9.14. The van der Waals surface area contributed by atoms with Gasteiger partial charge in [-0.1, -0.05) is 0 Å². The van der Waals surface area contributed by atoms with Gasteiger partial charge in [0.2, 0.25) is 0 Å². The zero-order valence-corrected chi connectivity index (χ0v) is 12.2. The summed E-state index contributed by atoms with van der Waals surface area (Å²) < 4.78 is 0. The van der Waals surface area contributed by atoms with Gasteiger partial charge in [0, 0.05) is 5.41 Å². The van der Waals surface area contributed by atoms with Gasteiger partial charge in [-0.3, -0.25) is 0 Å². The molecule has 0 heterocycles. The Hall–Kier alpha value is 0.764. The molecule has 0 aromatic carbocycles. The molecule has 5 heteroatoms. The molecule has 4 rings (SSSR count). The average molecular weight is 297 g/mol. The predicted molar refractivity (Wildman–Crippen MR) is 61.6 cm³/mol. The summed E-state index contributed by atoms with van der Waals surface area (Å²) in [6.45, 7) is 0. The summed E-state index contributed by atoms with van der Waals surface area (Å²) in [5.74, 6) is 2.12. The van der Waals surface area contributed by atoms with Crippen LogP contribution in [0.15, 0.2) is 0 Å². The third-order valence-electron chi connectivity index (χ3n) is 4.52. The van der Waals surface area contributed by atoms with Gasteiger partial charge in [-0.15, -0.1) is 0 Å². The summed E-state index contributed by atoms with van der Waals surface area (Å²) in [4.78, 5) is 11.4. The van der Waals surface area contributed by atoms with Crippen molar-refractivity contribution in [3.63, 3.8) is 0 Å². The first-order chi connectivity index (χ1) is 7.59. The molecule has 0 atom stereocenters. The number of amides is 1. The number of hydrogen-bond donors (Lipinski definition) is 0. The van der Waals surface area contributed by atoms with E-state index in [1.54, 1.807) is 0 Å². The summed E-state index contributed by atoms with van der Waals surface area (Å²) in [6.07, 6.45) is 7.19. The van der Waals surface area contributed by atoms with Crippen LogP contribution in [0.1, 0.15) is 38.5 Å². The van der Waals surface area contributed by atoms with Gasteiger partial charge < -0.3 is 10.5 Å². The van der Waals surface area contributed by atoms with E-state index >= 15 is 0 Å². The Morgan fingerprint density at radius 1 is 1.06 bits per heavy atom. The molecule has 16 heavy (non-hydrogen) atoms. The molecule has 4 fully saturated rings. The Morgan fingerprint density at radius 3 is 1.62 bits per heavy atom. The molecule has 4 bridgehead atoms. The summed E-state index contributed by atoms with van der Waals surface area (Å²) in [6, 6.07) is 0. The molecule has 2 nitrogen and oxygen atoms in total. The second-order valence-electron chi connectivity index (χ2n) is 5.60.